The van der Waals surface area contributed by atoms with Crippen LogP contribution < -0.4 is 0 Å². The second-order valence-electron chi connectivity index (χ2n) is 5.53. The van der Waals surface area contributed by atoms with Crippen molar-refractivity contribution in [1.29, 1.82) is 0 Å². The van der Waals surface area contributed by atoms with Crippen LogP contribution in [0.25, 0.3) is 22.4 Å². The Bertz CT molecular complexity index is 989. The summed E-state index contributed by atoms with van der Waals surface area (Å²) in [5.41, 5.74) is 4.21. The predicted molar refractivity (Wildman–Crippen MR) is 95.8 cm³/mol. The minimum atomic E-state index is -3.23. The molecule has 0 spiro atoms. The Labute approximate surface area is 164 Å². The minimum Gasteiger partial charge on any atom is -0.261 e. The van der Waals surface area contributed by atoms with E-state index < -0.39 is 9.84 Å². The van der Waals surface area contributed by atoms with E-state index in [9.17, 15) is 8.42 Å². The third kappa shape index (κ3) is 4.50. The van der Waals surface area contributed by atoms with Crippen LogP contribution in [0, 0.1) is 6.92 Å². The van der Waals surface area contributed by atoms with Gasteiger partial charge < -0.3 is 0 Å². The number of hydrogen-bond donors (Lipinski definition) is 0. The van der Waals surface area contributed by atoms with Gasteiger partial charge in [0.1, 0.15) is 0 Å². The quantitative estimate of drug-likeness (QED) is 0.651. The third-order valence-corrected chi connectivity index (χ3v) is 4.97. The molecule has 0 saturated carbocycles. The zero-order valence-electron chi connectivity index (χ0n) is 13.6. The number of benzene rings is 1. The zero-order valence-corrected chi connectivity index (χ0v) is 16.6. The van der Waals surface area contributed by atoms with Gasteiger partial charge in [0.25, 0.3) is 0 Å². The topological polar surface area (TPSA) is 59.9 Å². The second kappa shape index (κ2) is 7.71. The largest absolute Gasteiger partial charge is 0.261 e. The molecule has 1 aromatic carbocycles. The van der Waals surface area contributed by atoms with Crippen LogP contribution in [0.4, 0.5) is 0 Å². The van der Waals surface area contributed by atoms with Crippen LogP contribution in [0.2, 0.25) is 5.02 Å². The maximum atomic E-state index is 11.6. The van der Waals surface area contributed by atoms with Crippen LogP contribution in [0.15, 0.2) is 59.8 Å². The van der Waals surface area contributed by atoms with Crippen molar-refractivity contribution in [2.24, 2.45) is 0 Å². The molecule has 25 heavy (non-hydrogen) atoms. The molecule has 0 N–H and O–H groups in total. The maximum Gasteiger partial charge on any atom is 0.175 e. The van der Waals surface area contributed by atoms with E-state index >= 15 is 0 Å². The Hall–Kier alpha value is -1.66. The molecular formula is C18H15ClN2O2SV. The van der Waals surface area contributed by atoms with Gasteiger partial charge in [-0.3, -0.25) is 9.97 Å². The first kappa shape index (κ1) is 19.7. The number of pyridine rings is 2. The number of aromatic nitrogens is 2. The van der Waals surface area contributed by atoms with Crippen LogP contribution in [-0.4, -0.2) is 24.6 Å². The van der Waals surface area contributed by atoms with Crippen LogP contribution in [-0.2, 0) is 28.4 Å². The van der Waals surface area contributed by atoms with Crippen molar-refractivity contribution in [2.45, 2.75) is 11.8 Å². The molecule has 0 fully saturated rings. The number of sulfone groups is 1. The Balaban J connectivity index is 0.00000225. The van der Waals surface area contributed by atoms with Gasteiger partial charge in [-0.25, -0.2) is 8.42 Å². The number of rotatable bonds is 3. The second-order valence-corrected chi connectivity index (χ2v) is 7.99. The van der Waals surface area contributed by atoms with Crippen molar-refractivity contribution >= 4 is 21.4 Å². The van der Waals surface area contributed by atoms with Crippen molar-refractivity contribution in [2.75, 3.05) is 6.26 Å². The van der Waals surface area contributed by atoms with Crippen LogP contribution in [0.5, 0.6) is 0 Å². The summed E-state index contributed by atoms with van der Waals surface area (Å²) >= 11 is 6.11. The van der Waals surface area contributed by atoms with Gasteiger partial charge in [0.05, 0.1) is 15.6 Å². The molecule has 0 bridgehead atoms. The van der Waals surface area contributed by atoms with Gasteiger partial charge in [0.15, 0.2) is 9.84 Å². The molecule has 1 radical (unpaired) electrons. The maximum absolute atomic E-state index is 11.6. The van der Waals surface area contributed by atoms with Crippen LogP contribution in [0.1, 0.15) is 5.69 Å². The Morgan fingerprint density at radius 2 is 1.56 bits per heavy atom. The molecule has 4 nitrogen and oxygen atoms in total. The molecule has 2 heterocycles. The standard InChI is InChI=1S/C18H15ClN2O2S.V/c1-12-3-4-14(10-20-12)18-17(9-15(19)11-21-18)13-5-7-16(8-6-13)24(2,22)23;/h3-11H,1-2H3;. The molecule has 0 aliphatic carbocycles. The summed E-state index contributed by atoms with van der Waals surface area (Å²) in [5, 5.41) is 0.515. The molecular weight excluding hydrogens is 395 g/mol. The fraction of sp³-hybridized carbons (Fsp3) is 0.111. The first-order valence-electron chi connectivity index (χ1n) is 7.24. The Morgan fingerprint density at radius 3 is 2.12 bits per heavy atom. The molecule has 0 unspecified atom stereocenters. The zero-order chi connectivity index (χ0) is 17.3. The average molecular weight is 410 g/mol. The predicted octanol–water partition coefficient (Wildman–Crippen LogP) is 4.17. The summed E-state index contributed by atoms with van der Waals surface area (Å²) in [7, 11) is -3.23. The normalized spacial score (nSPS) is 11.0. The smallest absolute Gasteiger partial charge is 0.175 e. The summed E-state index contributed by atoms with van der Waals surface area (Å²) in [6.45, 7) is 1.92. The van der Waals surface area contributed by atoms with Gasteiger partial charge >= 0.3 is 0 Å². The molecule has 127 valence electrons. The Morgan fingerprint density at radius 1 is 0.920 bits per heavy atom. The SMILES string of the molecule is Cc1ccc(-c2ncc(Cl)cc2-c2ccc(S(C)(=O)=O)cc2)cn1.[V]. The third-order valence-electron chi connectivity index (χ3n) is 3.63. The van der Waals surface area contributed by atoms with Crippen LogP contribution >= 0.6 is 11.6 Å². The van der Waals surface area contributed by atoms with E-state index in [-0.39, 0.29) is 23.5 Å². The summed E-state index contributed by atoms with van der Waals surface area (Å²) in [5.74, 6) is 0. The molecule has 0 aliphatic heterocycles. The number of halogens is 1. The summed E-state index contributed by atoms with van der Waals surface area (Å²) < 4.78 is 23.2. The van der Waals surface area contributed by atoms with E-state index in [1.807, 2.05) is 25.1 Å². The van der Waals surface area contributed by atoms with Crippen molar-refractivity contribution < 1.29 is 27.0 Å². The van der Waals surface area contributed by atoms with Crippen molar-refractivity contribution in [3.05, 3.63) is 65.6 Å². The van der Waals surface area contributed by atoms with Gasteiger partial charge in [-0.15, -0.1) is 0 Å². The van der Waals surface area contributed by atoms with Gasteiger partial charge in [0, 0.05) is 54.0 Å². The monoisotopic (exact) mass is 409 g/mol. The summed E-state index contributed by atoms with van der Waals surface area (Å²) in [4.78, 5) is 9.02. The van der Waals surface area contributed by atoms with Crippen molar-refractivity contribution in [3.63, 3.8) is 0 Å². The fourth-order valence-electron chi connectivity index (χ4n) is 2.38. The van der Waals surface area contributed by atoms with Gasteiger partial charge in [0.2, 0.25) is 0 Å². The summed E-state index contributed by atoms with van der Waals surface area (Å²) in [6, 6.07) is 12.4. The van der Waals surface area contributed by atoms with Gasteiger partial charge in [-0.1, -0.05) is 23.7 Å². The molecule has 3 rings (SSSR count). The Kier molecular flexibility index (Phi) is 6.06. The van der Waals surface area contributed by atoms with Crippen molar-refractivity contribution in [1.82, 2.24) is 9.97 Å². The fourth-order valence-corrected chi connectivity index (χ4v) is 3.17. The average Bonchev–Trinajstić information content (AvgIpc) is 2.55. The van der Waals surface area contributed by atoms with Gasteiger partial charge in [-0.05, 0) is 42.8 Å². The first-order valence-corrected chi connectivity index (χ1v) is 9.50. The summed E-state index contributed by atoms with van der Waals surface area (Å²) in [6.07, 6.45) is 4.54. The number of aryl methyl sites for hydroxylation is 1. The van der Waals surface area contributed by atoms with E-state index in [4.69, 9.17) is 11.6 Å². The van der Waals surface area contributed by atoms with E-state index in [1.54, 1.807) is 36.7 Å². The molecule has 3 aromatic rings. The van der Waals surface area contributed by atoms with Crippen LogP contribution in [0.3, 0.4) is 0 Å². The van der Waals surface area contributed by atoms with Gasteiger partial charge in [-0.2, -0.15) is 0 Å². The van der Waals surface area contributed by atoms with E-state index in [0.717, 1.165) is 28.1 Å². The molecule has 0 aliphatic rings. The first-order chi connectivity index (χ1) is 11.3. The molecule has 0 saturated heterocycles. The number of hydrogen-bond acceptors (Lipinski definition) is 4. The minimum absolute atomic E-state index is 0. The molecule has 0 atom stereocenters. The molecule has 2 aromatic heterocycles. The molecule has 0 amide bonds. The molecule has 7 heteroatoms. The van der Waals surface area contributed by atoms with E-state index in [2.05, 4.69) is 9.97 Å². The van der Waals surface area contributed by atoms with Crippen molar-refractivity contribution in [3.8, 4) is 22.4 Å². The van der Waals surface area contributed by atoms with E-state index in [1.165, 1.54) is 6.26 Å². The van der Waals surface area contributed by atoms with E-state index in [0.29, 0.717) is 5.02 Å². The number of nitrogens with zero attached hydrogens (tertiary/aromatic N) is 2.